The second-order valence-electron chi connectivity index (χ2n) is 9.32. The molecular formula is C21H30N4O3. The third-order valence-electron chi connectivity index (χ3n) is 6.97. The Morgan fingerprint density at radius 1 is 1.29 bits per heavy atom. The number of aliphatic hydroxyl groups excluding tert-OH is 1. The summed E-state index contributed by atoms with van der Waals surface area (Å²) in [5.41, 5.74) is 7.26. The predicted octanol–water partition coefficient (Wildman–Crippen LogP) is 2.09. The predicted molar refractivity (Wildman–Crippen MR) is 106 cm³/mol. The Labute approximate surface area is 165 Å². The van der Waals surface area contributed by atoms with E-state index in [4.69, 9.17) is 5.73 Å². The first-order valence-electron chi connectivity index (χ1n) is 10.3. The Balaban J connectivity index is 1.42. The molecule has 1 spiro atoms. The average Bonchev–Trinajstić information content (AvgIpc) is 2.59. The zero-order valence-corrected chi connectivity index (χ0v) is 16.6. The highest BCUT2D eigenvalue weighted by Gasteiger charge is 2.55. The maximum absolute atomic E-state index is 13.0. The van der Waals surface area contributed by atoms with Crippen LogP contribution in [0.3, 0.4) is 0 Å². The van der Waals surface area contributed by atoms with Crippen molar-refractivity contribution in [2.24, 2.45) is 17.3 Å². The van der Waals surface area contributed by atoms with Gasteiger partial charge in [-0.1, -0.05) is 6.92 Å². The molecular weight excluding hydrogens is 356 g/mol. The molecule has 2 heterocycles. The van der Waals surface area contributed by atoms with Crippen LogP contribution in [0.2, 0.25) is 0 Å². The van der Waals surface area contributed by atoms with Gasteiger partial charge >= 0.3 is 11.8 Å². The van der Waals surface area contributed by atoms with Gasteiger partial charge in [0.2, 0.25) is 0 Å². The molecule has 4 rings (SSSR count). The van der Waals surface area contributed by atoms with E-state index in [0.29, 0.717) is 35.3 Å². The quantitative estimate of drug-likeness (QED) is 0.675. The van der Waals surface area contributed by atoms with Crippen LogP contribution in [0.4, 0.5) is 11.5 Å². The van der Waals surface area contributed by atoms with E-state index in [1.54, 1.807) is 11.0 Å². The van der Waals surface area contributed by atoms with Gasteiger partial charge in [-0.15, -0.1) is 0 Å². The van der Waals surface area contributed by atoms with Crippen LogP contribution in [0.15, 0.2) is 12.3 Å². The lowest BCUT2D eigenvalue weighted by atomic mass is 9.49. The third kappa shape index (κ3) is 3.48. The number of aryl methyl sites for hydroxylation is 1. The molecule has 2 aliphatic carbocycles. The highest BCUT2D eigenvalue weighted by molar-refractivity contribution is 6.39. The van der Waals surface area contributed by atoms with Crippen molar-refractivity contribution >= 4 is 23.3 Å². The fraction of sp³-hybridized carbons (Fsp3) is 0.667. The van der Waals surface area contributed by atoms with E-state index in [1.807, 2.05) is 6.92 Å². The van der Waals surface area contributed by atoms with Crippen LogP contribution in [0.1, 0.15) is 51.0 Å². The van der Waals surface area contributed by atoms with Gasteiger partial charge in [0, 0.05) is 12.6 Å². The van der Waals surface area contributed by atoms with Crippen LogP contribution in [0.25, 0.3) is 0 Å². The minimum Gasteiger partial charge on any atom is -0.393 e. The Morgan fingerprint density at radius 3 is 2.64 bits per heavy atom. The van der Waals surface area contributed by atoms with Crippen LogP contribution in [0.5, 0.6) is 0 Å². The summed E-state index contributed by atoms with van der Waals surface area (Å²) >= 11 is 0. The number of nitrogens with two attached hydrogens (primary N) is 1. The molecule has 7 nitrogen and oxygen atoms in total. The van der Waals surface area contributed by atoms with Gasteiger partial charge in [0.05, 0.1) is 18.0 Å². The number of likely N-dealkylation sites (tertiary alicyclic amines) is 1. The minimum atomic E-state index is -0.613. The molecule has 1 aliphatic heterocycles. The number of hydrogen-bond acceptors (Lipinski definition) is 5. The van der Waals surface area contributed by atoms with Crippen molar-refractivity contribution in [1.82, 2.24) is 9.88 Å². The van der Waals surface area contributed by atoms with Crippen LogP contribution in [-0.2, 0) is 9.59 Å². The first-order valence-corrected chi connectivity index (χ1v) is 10.3. The zero-order chi connectivity index (χ0) is 20.1. The normalized spacial score (nSPS) is 34.5. The number of hydrogen-bond donors (Lipinski definition) is 3. The summed E-state index contributed by atoms with van der Waals surface area (Å²) in [6.45, 7) is 4.57. The van der Waals surface area contributed by atoms with Crippen molar-refractivity contribution in [3.8, 4) is 0 Å². The van der Waals surface area contributed by atoms with Gasteiger partial charge in [-0.25, -0.2) is 4.98 Å². The lowest BCUT2D eigenvalue weighted by Gasteiger charge is -2.60. The van der Waals surface area contributed by atoms with Gasteiger partial charge in [0.15, 0.2) is 0 Å². The number of carbonyl (C=O) groups excluding carboxylic acids is 2. The van der Waals surface area contributed by atoms with Gasteiger partial charge in [0.1, 0.15) is 5.82 Å². The molecule has 0 radical (unpaired) electrons. The van der Waals surface area contributed by atoms with Crippen LogP contribution < -0.4 is 11.1 Å². The number of nitrogen functional groups attached to an aromatic ring is 1. The van der Waals surface area contributed by atoms with Gasteiger partial charge in [-0.05, 0) is 74.3 Å². The Kier molecular flexibility index (Phi) is 4.81. The molecule has 3 aliphatic rings. The second kappa shape index (κ2) is 7.03. The molecule has 2 amide bonds. The smallest absolute Gasteiger partial charge is 0.313 e. The Morgan fingerprint density at radius 2 is 2.00 bits per heavy atom. The van der Waals surface area contributed by atoms with E-state index in [1.165, 1.54) is 6.20 Å². The molecule has 1 aromatic heterocycles. The maximum Gasteiger partial charge on any atom is 0.313 e. The number of aromatic nitrogens is 1. The van der Waals surface area contributed by atoms with Crippen molar-refractivity contribution in [2.45, 2.75) is 64.5 Å². The number of piperidine rings is 1. The zero-order valence-electron chi connectivity index (χ0n) is 16.6. The highest BCUT2D eigenvalue weighted by Crippen LogP contribution is 2.60. The SMILES string of the molecule is Cc1cc(NC(=O)C(=O)N2C[C@@H](C)CC[C@@H]2C2CC3(CC(O)C3)C2)cnc1N. The number of rotatable bonds is 2. The topological polar surface area (TPSA) is 109 Å². The summed E-state index contributed by atoms with van der Waals surface area (Å²) in [4.78, 5) is 31.4. The molecule has 2 saturated carbocycles. The molecule has 0 bridgehead atoms. The molecule has 3 fully saturated rings. The van der Waals surface area contributed by atoms with Crippen molar-refractivity contribution in [3.63, 3.8) is 0 Å². The molecule has 1 saturated heterocycles. The molecule has 4 N–H and O–H groups in total. The lowest BCUT2D eigenvalue weighted by Crippen LogP contribution is -2.59. The van der Waals surface area contributed by atoms with Crippen molar-refractivity contribution < 1.29 is 14.7 Å². The Hall–Kier alpha value is -2.15. The number of pyridine rings is 1. The van der Waals surface area contributed by atoms with Gasteiger partial charge in [-0.2, -0.15) is 0 Å². The van der Waals surface area contributed by atoms with E-state index in [9.17, 15) is 14.7 Å². The van der Waals surface area contributed by atoms with E-state index >= 15 is 0 Å². The van der Waals surface area contributed by atoms with E-state index in [0.717, 1.165) is 44.1 Å². The van der Waals surface area contributed by atoms with Crippen LogP contribution in [-0.4, -0.2) is 45.5 Å². The molecule has 0 aromatic carbocycles. The van der Waals surface area contributed by atoms with Gasteiger partial charge in [-0.3, -0.25) is 9.59 Å². The number of nitrogens with one attached hydrogen (secondary N) is 1. The summed E-state index contributed by atoms with van der Waals surface area (Å²) < 4.78 is 0. The number of carbonyl (C=O) groups is 2. The minimum absolute atomic E-state index is 0.129. The van der Waals surface area contributed by atoms with Crippen molar-refractivity contribution in [1.29, 1.82) is 0 Å². The molecule has 152 valence electrons. The standard InChI is InChI=1S/C21H30N4O3/c1-12-3-4-17(14-6-21(7-14)8-16(26)9-21)25(11-12)20(28)19(27)24-15-5-13(2)18(22)23-10-15/h5,10,12,14,16-17,26H,3-4,6-9,11H2,1-2H3,(H2,22,23)(H,24,27)/t12-,14?,16?,17+,21?/m0/s1. The summed E-state index contributed by atoms with van der Waals surface area (Å²) in [5, 5.41) is 12.3. The number of aliphatic hydroxyl groups is 1. The van der Waals surface area contributed by atoms with Crippen molar-refractivity contribution in [3.05, 3.63) is 17.8 Å². The molecule has 7 heteroatoms. The monoisotopic (exact) mass is 386 g/mol. The van der Waals surface area contributed by atoms with Gasteiger partial charge in [0.25, 0.3) is 0 Å². The summed E-state index contributed by atoms with van der Waals surface area (Å²) in [6.07, 6.45) is 7.28. The second-order valence-corrected chi connectivity index (χ2v) is 9.32. The maximum atomic E-state index is 13.0. The first kappa shape index (κ1) is 19.2. The number of nitrogens with zero attached hydrogens (tertiary/aromatic N) is 2. The first-order chi connectivity index (χ1) is 13.3. The summed E-state index contributed by atoms with van der Waals surface area (Å²) in [7, 11) is 0. The summed E-state index contributed by atoms with van der Waals surface area (Å²) in [5.74, 6) is 0.179. The molecule has 0 unspecified atom stereocenters. The molecule has 2 atom stereocenters. The fourth-order valence-electron chi connectivity index (χ4n) is 5.46. The average molecular weight is 386 g/mol. The Bertz CT molecular complexity index is 782. The fourth-order valence-corrected chi connectivity index (χ4v) is 5.46. The largest absolute Gasteiger partial charge is 0.393 e. The highest BCUT2D eigenvalue weighted by atomic mass is 16.3. The molecule has 1 aromatic rings. The van der Waals surface area contributed by atoms with E-state index < -0.39 is 11.8 Å². The summed E-state index contributed by atoms with van der Waals surface area (Å²) in [6, 6.07) is 1.85. The van der Waals surface area contributed by atoms with Crippen molar-refractivity contribution in [2.75, 3.05) is 17.6 Å². The third-order valence-corrected chi connectivity index (χ3v) is 6.97. The molecule has 28 heavy (non-hydrogen) atoms. The van der Waals surface area contributed by atoms with E-state index in [2.05, 4.69) is 17.2 Å². The number of amides is 2. The number of anilines is 2. The van der Waals surface area contributed by atoms with E-state index in [-0.39, 0.29) is 12.1 Å². The van der Waals surface area contributed by atoms with Crippen LogP contribution >= 0.6 is 0 Å². The van der Waals surface area contributed by atoms with Crippen LogP contribution in [0, 0.1) is 24.2 Å². The lowest BCUT2D eigenvalue weighted by molar-refractivity contribution is -0.157. The van der Waals surface area contributed by atoms with Gasteiger partial charge < -0.3 is 21.1 Å².